The first-order valence-electron chi connectivity index (χ1n) is 7.03. The average molecular weight is 286 g/mol. The molecule has 0 aliphatic rings. The van der Waals surface area contributed by atoms with Crippen molar-refractivity contribution in [1.29, 1.82) is 0 Å². The zero-order valence-electron chi connectivity index (χ0n) is 13.9. The summed E-state index contributed by atoms with van der Waals surface area (Å²) in [6.45, 7) is 3.23. The van der Waals surface area contributed by atoms with Crippen molar-refractivity contribution in [3.05, 3.63) is 0 Å². The van der Waals surface area contributed by atoms with Gasteiger partial charge in [0.15, 0.2) is 0 Å². The third-order valence-corrected chi connectivity index (χ3v) is 2.60. The molecule has 3 N–H and O–H groups in total. The number of carboxylic acid groups (broad SMARTS) is 1. The summed E-state index contributed by atoms with van der Waals surface area (Å²) in [5.74, 6) is -0.833. The van der Waals surface area contributed by atoms with E-state index in [0.29, 0.717) is 0 Å². The van der Waals surface area contributed by atoms with Crippen LogP contribution in [0, 0.1) is 0 Å². The summed E-state index contributed by atoms with van der Waals surface area (Å²) < 4.78 is 0. The van der Waals surface area contributed by atoms with Gasteiger partial charge in [0, 0.05) is 6.92 Å². The number of carbonyl (C=O) groups is 1. The Morgan fingerprint density at radius 3 is 1.79 bits per heavy atom. The standard InChI is InChI=1S/C12H26O2.C2H4O2.Na.H/c1-2-3-4-5-6-7-8-9-10-12(14)11-13;1-2(3)4;;/h12-14H,2-11H2,1H3;1H3,(H,3,4);;/q;;+1;-1. The molecule has 0 amide bonds. The summed E-state index contributed by atoms with van der Waals surface area (Å²) in [5.41, 5.74) is 0. The second kappa shape index (κ2) is 20.7. The molecule has 0 saturated carbocycles. The Morgan fingerprint density at radius 1 is 1.05 bits per heavy atom. The number of aliphatic hydroxyl groups excluding tert-OH is 2. The summed E-state index contributed by atoms with van der Waals surface area (Å²) in [6.07, 6.45) is 10.5. The van der Waals surface area contributed by atoms with Gasteiger partial charge >= 0.3 is 29.6 Å². The molecule has 0 saturated heterocycles. The normalized spacial score (nSPS) is 10.9. The molecule has 0 fully saturated rings. The first-order chi connectivity index (χ1) is 8.54. The molecular weight excluding hydrogens is 255 g/mol. The number of aliphatic hydroxyl groups is 2. The molecule has 112 valence electrons. The van der Waals surface area contributed by atoms with E-state index in [2.05, 4.69) is 6.92 Å². The van der Waals surface area contributed by atoms with Gasteiger partial charge in [0.25, 0.3) is 5.97 Å². The van der Waals surface area contributed by atoms with Gasteiger partial charge in [0.1, 0.15) is 0 Å². The topological polar surface area (TPSA) is 77.8 Å². The quantitative estimate of drug-likeness (QED) is 0.392. The van der Waals surface area contributed by atoms with Crippen LogP contribution in [0.1, 0.15) is 73.1 Å². The van der Waals surface area contributed by atoms with Gasteiger partial charge in [0.05, 0.1) is 12.7 Å². The number of hydrogen-bond donors (Lipinski definition) is 3. The van der Waals surface area contributed by atoms with E-state index >= 15 is 0 Å². The Hall–Kier alpha value is 0.390. The third kappa shape index (κ3) is 32.2. The Morgan fingerprint density at radius 2 is 1.42 bits per heavy atom. The smallest absolute Gasteiger partial charge is 1.00 e. The van der Waals surface area contributed by atoms with Crippen LogP contribution in [0.3, 0.4) is 0 Å². The molecule has 5 heteroatoms. The number of hydrogen-bond acceptors (Lipinski definition) is 3. The first-order valence-corrected chi connectivity index (χ1v) is 7.03. The Labute approximate surface area is 141 Å². The molecule has 4 nitrogen and oxygen atoms in total. The van der Waals surface area contributed by atoms with Crippen LogP contribution in [0.15, 0.2) is 0 Å². The summed E-state index contributed by atoms with van der Waals surface area (Å²) >= 11 is 0. The van der Waals surface area contributed by atoms with E-state index in [1.807, 2.05) is 0 Å². The summed E-state index contributed by atoms with van der Waals surface area (Å²) in [7, 11) is 0. The minimum Gasteiger partial charge on any atom is -1.00 e. The van der Waals surface area contributed by atoms with Gasteiger partial charge < -0.3 is 16.7 Å². The molecule has 0 aliphatic heterocycles. The predicted molar refractivity (Wildman–Crippen MR) is 74.7 cm³/mol. The minimum atomic E-state index is -0.833. The fourth-order valence-corrected chi connectivity index (χ4v) is 1.61. The molecule has 19 heavy (non-hydrogen) atoms. The largest absolute Gasteiger partial charge is 1.00 e. The summed E-state index contributed by atoms with van der Waals surface area (Å²) in [5, 5.41) is 25.1. The molecule has 0 aliphatic carbocycles. The van der Waals surface area contributed by atoms with Crippen molar-refractivity contribution in [1.82, 2.24) is 0 Å². The van der Waals surface area contributed by atoms with Crippen molar-refractivity contribution in [2.24, 2.45) is 0 Å². The van der Waals surface area contributed by atoms with Crippen molar-refractivity contribution in [3.8, 4) is 0 Å². The molecule has 0 radical (unpaired) electrons. The second-order valence-corrected chi connectivity index (χ2v) is 4.62. The molecule has 0 aromatic heterocycles. The fourth-order valence-electron chi connectivity index (χ4n) is 1.61. The van der Waals surface area contributed by atoms with Crippen LogP contribution in [0.4, 0.5) is 0 Å². The van der Waals surface area contributed by atoms with E-state index in [9.17, 15) is 0 Å². The van der Waals surface area contributed by atoms with Gasteiger partial charge in [-0.05, 0) is 6.42 Å². The van der Waals surface area contributed by atoms with E-state index in [1.165, 1.54) is 44.9 Å². The molecule has 0 heterocycles. The monoisotopic (exact) mass is 286 g/mol. The number of aliphatic carboxylic acids is 1. The third-order valence-electron chi connectivity index (χ3n) is 2.60. The predicted octanol–water partition coefficient (Wildman–Crippen LogP) is 0.0778. The van der Waals surface area contributed by atoms with Crippen LogP contribution in [-0.4, -0.2) is 34.0 Å². The van der Waals surface area contributed by atoms with E-state index in [-0.39, 0.29) is 37.6 Å². The molecular formula is C14H31NaO4. The van der Waals surface area contributed by atoms with E-state index in [1.54, 1.807) is 0 Å². The van der Waals surface area contributed by atoms with Gasteiger partial charge in [-0.1, -0.05) is 58.3 Å². The maximum Gasteiger partial charge on any atom is 1.00 e. The van der Waals surface area contributed by atoms with Crippen LogP contribution < -0.4 is 29.6 Å². The van der Waals surface area contributed by atoms with Gasteiger partial charge in [-0.3, -0.25) is 4.79 Å². The molecule has 0 aromatic carbocycles. The minimum absolute atomic E-state index is 0. The van der Waals surface area contributed by atoms with Crippen molar-refractivity contribution in [2.75, 3.05) is 6.61 Å². The summed E-state index contributed by atoms with van der Waals surface area (Å²) in [6, 6.07) is 0. The van der Waals surface area contributed by atoms with Gasteiger partial charge in [0.2, 0.25) is 0 Å². The van der Waals surface area contributed by atoms with Crippen LogP contribution in [0.25, 0.3) is 0 Å². The van der Waals surface area contributed by atoms with Gasteiger partial charge in [-0.2, -0.15) is 0 Å². The van der Waals surface area contributed by atoms with Crippen molar-refractivity contribution < 1.29 is 51.1 Å². The average Bonchev–Trinajstić information content (AvgIpc) is 2.31. The molecule has 0 rings (SSSR count). The molecule has 0 aromatic rings. The molecule has 1 unspecified atom stereocenters. The van der Waals surface area contributed by atoms with Crippen LogP contribution in [0.5, 0.6) is 0 Å². The van der Waals surface area contributed by atoms with Crippen LogP contribution in [-0.2, 0) is 4.79 Å². The molecule has 1 atom stereocenters. The van der Waals surface area contributed by atoms with Crippen molar-refractivity contribution in [2.45, 2.75) is 77.7 Å². The zero-order valence-corrected chi connectivity index (χ0v) is 14.9. The number of rotatable bonds is 10. The van der Waals surface area contributed by atoms with Gasteiger partial charge in [-0.15, -0.1) is 0 Å². The fraction of sp³-hybridized carbons (Fsp3) is 0.929. The van der Waals surface area contributed by atoms with Crippen LogP contribution >= 0.6 is 0 Å². The maximum atomic E-state index is 9.08. The van der Waals surface area contributed by atoms with E-state index in [0.717, 1.165) is 19.8 Å². The van der Waals surface area contributed by atoms with Crippen molar-refractivity contribution >= 4 is 5.97 Å². The van der Waals surface area contributed by atoms with E-state index < -0.39 is 12.1 Å². The SMILES string of the molecule is CC(=O)O.CCCCCCCCCCC(O)CO.[H-].[Na+]. The van der Waals surface area contributed by atoms with E-state index in [4.69, 9.17) is 20.1 Å². The number of unbranched alkanes of at least 4 members (excludes halogenated alkanes) is 7. The maximum absolute atomic E-state index is 9.08. The first kappa shape index (κ1) is 24.4. The van der Waals surface area contributed by atoms with Crippen LogP contribution in [0.2, 0.25) is 0 Å². The zero-order chi connectivity index (χ0) is 14.2. The van der Waals surface area contributed by atoms with Gasteiger partial charge in [-0.25, -0.2) is 0 Å². The number of carboxylic acids is 1. The Kier molecular flexibility index (Phi) is 26.6. The second-order valence-electron chi connectivity index (χ2n) is 4.62. The Bertz CT molecular complexity index is 179. The van der Waals surface area contributed by atoms with Crippen molar-refractivity contribution in [3.63, 3.8) is 0 Å². The molecule has 0 bridgehead atoms. The summed E-state index contributed by atoms with van der Waals surface area (Å²) in [4.78, 5) is 9.00. The molecule has 0 spiro atoms. The Balaban J connectivity index is -0.000000188.